The second-order valence-corrected chi connectivity index (χ2v) is 7.74. The number of rotatable bonds is 2. The van der Waals surface area contributed by atoms with Crippen molar-refractivity contribution in [2.24, 2.45) is 11.8 Å². The van der Waals surface area contributed by atoms with Crippen molar-refractivity contribution < 1.29 is 4.74 Å². The molecule has 1 fully saturated rings. The van der Waals surface area contributed by atoms with Crippen molar-refractivity contribution in [3.8, 4) is 0 Å². The van der Waals surface area contributed by atoms with Crippen LogP contribution in [-0.4, -0.2) is 12.2 Å². The highest BCUT2D eigenvalue weighted by Gasteiger charge is 2.43. The first-order chi connectivity index (χ1) is 11.1. The summed E-state index contributed by atoms with van der Waals surface area (Å²) < 4.78 is 6.12. The Balaban J connectivity index is 1.71. The average Bonchev–Trinajstić information content (AvgIpc) is 3.03. The molecule has 2 heterocycles. The predicted molar refractivity (Wildman–Crippen MR) is 96.5 cm³/mol. The van der Waals surface area contributed by atoms with Crippen molar-refractivity contribution in [3.05, 3.63) is 53.1 Å². The first-order valence-electron chi connectivity index (χ1n) is 9.29. The Morgan fingerprint density at radius 3 is 2.39 bits per heavy atom. The molecule has 23 heavy (non-hydrogen) atoms. The molecule has 0 saturated carbocycles. The molecule has 1 unspecified atom stereocenters. The summed E-state index contributed by atoms with van der Waals surface area (Å²) in [5, 5.41) is 0. The van der Waals surface area contributed by atoms with Gasteiger partial charge in [0.2, 0.25) is 0 Å². The van der Waals surface area contributed by atoms with Crippen LogP contribution in [0.2, 0.25) is 0 Å². The zero-order valence-electron chi connectivity index (χ0n) is 14.6. The molecule has 0 N–H and O–H groups in total. The molecule has 2 bridgehead atoms. The number of hydrogen-bond acceptors (Lipinski definition) is 1. The van der Waals surface area contributed by atoms with Crippen LogP contribution in [0.4, 0.5) is 0 Å². The fraction of sp³-hybridized carbons (Fsp3) is 0.545. The van der Waals surface area contributed by atoms with E-state index in [0.29, 0.717) is 30.0 Å². The minimum absolute atomic E-state index is 0.305. The summed E-state index contributed by atoms with van der Waals surface area (Å²) in [6, 6.07) is 7.20. The third kappa shape index (κ3) is 2.59. The molecule has 1 nitrogen and oxygen atoms in total. The van der Waals surface area contributed by atoms with Crippen LogP contribution in [0.1, 0.15) is 62.1 Å². The number of fused-ring (bicyclic) bond motifs is 2. The Kier molecular flexibility index (Phi) is 3.93. The third-order valence-corrected chi connectivity index (χ3v) is 6.26. The number of hydrogen-bond donors (Lipinski definition) is 0. The Morgan fingerprint density at radius 1 is 1.00 bits per heavy atom. The second-order valence-electron chi connectivity index (χ2n) is 7.74. The minimum atomic E-state index is 0.305. The van der Waals surface area contributed by atoms with Crippen LogP contribution >= 0.6 is 0 Å². The normalized spacial score (nSPS) is 36.1. The molecule has 1 aromatic carbocycles. The molecule has 1 saturated heterocycles. The maximum atomic E-state index is 6.12. The van der Waals surface area contributed by atoms with Gasteiger partial charge < -0.3 is 4.74 Å². The third-order valence-electron chi connectivity index (χ3n) is 6.26. The summed E-state index contributed by atoms with van der Waals surface area (Å²) in [4.78, 5) is 0. The number of benzene rings is 1. The highest BCUT2D eigenvalue weighted by atomic mass is 16.5. The quantitative estimate of drug-likeness (QED) is 0.642. The average molecular weight is 308 g/mol. The van der Waals surface area contributed by atoms with Crippen LogP contribution in [-0.2, 0) is 4.74 Å². The summed E-state index contributed by atoms with van der Waals surface area (Å²) >= 11 is 0. The monoisotopic (exact) mass is 308 g/mol. The van der Waals surface area contributed by atoms with E-state index in [9.17, 15) is 0 Å². The van der Waals surface area contributed by atoms with Gasteiger partial charge in [-0.25, -0.2) is 0 Å². The molecule has 1 aliphatic carbocycles. The van der Waals surface area contributed by atoms with Gasteiger partial charge in [0.25, 0.3) is 0 Å². The SMILES string of the molecule is Cc1ccc(C2[C@@H](C)[C@H]3C=C[C@H](O3)[C@H]2C)cc1C1=CCCCC1. The lowest BCUT2D eigenvalue weighted by molar-refractivity contribution is -0.0573. The summed E-state index contributed by atoms with van der Waals surface area (Å²) in [7, 11) is 0. The van der Waals surface area contributed by atoms with Gasteiger partial charge in [-0.05, 0) is 72.6 Å². The van der Waals surface area contributed by atoms with Crippen molar-refractivity contribution in [2.75, 3.05) is 0 Å². The fourth-order valence-corrected chi connectivity index (χ4v) is 4.86. The lowest BCUT2D eigenvalue weighted by atomic mass is 9.73. The molecule has 3 aliphatic rings. The zero-order chi connectivity index (χ0) is 16.0. The van der Waals surface area contributed by atoms with Crippen molar-refractivity contribution in [1.82, 2.24) is 0 Å². The van der Waals surface area contributed by atoms with Crippen LogP contribution < -0.4 is 0 Å². The van der Waals surface area contributed by atoms with Crippen LogP contribution in [0.5, 0.6) is 0 Å². The number of allylic oxidation sites excluding steroid dienone is 2. The summed E-state index contributed by atoms with van der Waals surface area (Å²) in [5.74, 6) is 1.70. The highest BCUT2D eigenvalue weighted by molar-refractivity contribution is 5.69. The van der Waals surface area contributed by atoms with E-state index in [1.807, 2.05) is 0 Å². The lowest BCUT2D eigenvalue weighted by Gasteiger charge is -2.40. The Hall–Kier alpha value is -1.34. The minimum Gasteiger partial charge on any atom is -0.366 e. The molecule has 1 aromatic rings. The maximum absolute atomic E-state index is 6.12. The van der Waals surface area contributed by atoms with Gasteiger partial charge in [0.15, 0.2) is 0 Å². The topological polar surface area (TPSA) is 9.23 Å². The molecule has 0 radical (unpaired) electrons. The van der Waals surface area contributed by atoms with E-state index in [1.54, 1.807) is 5.57 Å². The van der Waals surface area contributed by atoms with Crippen LogP contribution in [0, 0.1) is 18.8 Å². The van der Waals surface area contributed by atoms with Gasteiger partial charge in [0, 0.05) is 0 Å². The summed E-state index contributed by atoms with van der Waals surface area (Å²) in [6.45, 7) is 6.98. The largest absolute Gasteiger partial charge is 0.366 e. The molecule has 0 aromatic heterocycles. The second kappa shape index (κ2) is 5.94. The number of ether oxygens (including phenoxy) is 1. The van der Waals surface area contributed by atoms with Crippen LogP contribution in [0.3, 0.4) is 0 Å². The molecule has 122 valence electrons. The van der Waals surface area contributed by atoms with E-state index in [2.05, 4.69) is 57.2 Å². The Bertz CT molecular complexity index is 636. The van der Waals surface area contributed by atoms with Gasteiger partial charge in [0.05, 0.1) is 12.2 Å². The summed E-state index contributed by atoms with van der Waals surface area (Å²) in [5.41, 5.74) is 6.01. The van der Waals surface area contributed by atoms with Crippen LogP contribution in [0.25, 0.3) is 5.57 Å². The van der Waals surface area contributed by atoms with E-state index in [0.717, 1.165) is 0 Å². The summed E-state index contributed by atoms with van der Waals surface area (Å²) in [6.07, 6.45) is 12.8. The van der Waals surface area contributed by atoms with Gasteiger partial charge in [-0.3, -0.25) is 0 Å². The van der Waals surface area contributed by atoms with E-state index >= 15 is 0 Å². The molecule has 4 rings (SSSR count). The van der Waals surface area contributed by atoms with Crippen LogP contribution in [0.15, 0.2) is 36.4 Å². The van der Waals surface area contributed by atoms with Gasteiger partial charge in [0.1, 0.15) is 0 Å². The Labute approximate surface area is 140 Å². The van der Waals surface area contributed by atoms with E-state index in [1.165, 1.54) is 42.4 Å². The van der Waals surface area contributed by atoms with Gasteiger partial charge in [-0.1, -0.05) is 50.3 Å². The fourth-order valence-electron chi connectivity index (χ4n) is 4.86. The standard InChI is InChI=1S/C22H28O/c1-14-9-10-18(13-19(14)17-7-5-4-6-8-17)22-15(2)20-11-12-21(23-20)16(22)3/h7,9-13,15-16,20-22H,4-6,8H2,1-3H3/t15-,16+,20+,21-,22?. The van der Waals surface area contributed by atoms with E-state index in [-0.39, 0.29) is 0 Å². The molecule has 0 amide bonds. The highest BCUT2D eigenvalue weighted by Crippen LogP contribution is 2.46. The molecule has 0 spiro atoms. The van der Waals surface area contributed by atoms with E-state index in [4.69, 9.17) is 4.74 Å². The van der Waals surface area contributed by atoms with Gasteiger partial charge in [-0.15, -0.1) is 0 Å². The van der Waals surface area contributed by atoms with Crippen molar-refractivity contribution in [1.29, 1.82) is 0 Å². The Morgan fingerprint density at radius 2 is 1.74 bits per heavy atom. The van der Waals surface area contributed by atoms with Gasteiger partial charge in [-0.2, -0.15) is 0 Å². The first kappa shape index (κ1) is 15.2. The zero-order valence-corrected chi connectivity index (χ0v) is 14.6. The van der Waals surface area contributed by atoms with Crippen molar-refractivity contribution in [3.63, 3.8) is 0 Å². The smallest absolute Gasteiger partial charge is 0.0796 e. The maximum Gasteiger partial charge on any atom is 0.0796 e. The first-order valence-corrected chi connectivity index (χ1v) is 9.29. The molecular weight excluding hydrogens is 280 g/mol. The molecular formula is C22H28O. The van der Waals surface area contributed by atoms with Gasteiger partial charge >= 0.3 is 0 Å². The molecule has 2 aliphatic heterocycles. The molecule has 5 atom stereocenters. The van der Waals surface area contributed by atoms with Crippen molar-refractivity contribution in [2.45, 2.75) is 64.6 Å². The molecule has 1 heteroatoms. The predicted octanol–water partition coefficient (Wildman–Crippen LogP) is 5.65. The number of aryl methyl sites for hydroxylation is 1. The van der Waals surface area contributed by atoms with E-state index < -0.39 is 0 Å². The lowest BCUT2D eigenvalue weighted by Crippen LogP contribution is -2.39. The van der Waals surface area contributed by atoms with Crippen molar-refractivity contribution >= 4 is 5.57 Å².